The molecular formula is C11H17N3O. The van der Waals surface area contributed by atoms with Gasteiger partial charge in [0.05, 0.1) is 0 Å². The van der Waals surface area contributed by atoms with Gasteiger partial charge in [0.2, 0.25) is 0 Å². The Morgan fingerprint density at radius 3 is 2.87 bits per heavy atom. The van der Waals surface area contributed by atoms with Crippen LogP contribution in [0, 0.1) is 11.8 Å². The molecule has 1 aliphatic carbocycles. The molecule has 4 nitrogen and oxygen atoms in total. The molecule has 0 spiro atoms. The second-order valence-corrected chi connectivity index (χ2v) is 4.43. The molecule has 0 aliphatic heterocycles. The maximum Gasteiger partial charge on any atom is 0.290 e. The summed E-state index contributed by atoms with van der Waals surface area (Å²) in [4.78, 5) is 18.1. The third-order valence-electron chi connectivity index (χ3n) is 3.50. The first kappa shape index (κ1) is 10.2. The molecule has 2 rings (SSSR count). The maximum atomic E-state index is 11.4. The van der Waals surface area contributed by atoms with Crippen LogP contribution in [0.1, 0.15) is 26.7 Å². The number of anilines is 1. The number of aromatic amines is 1. The number of hydrogen-bond acceptors (Lipinski definition) is 3. The van der Waals surface area contributed by atoms with E-state index in [1.54, 1.807) is 12.4 Å². The fourth-order valence-corrected chi connectivity index (χ4v) is 2.20. The topological polar surface area (TPSA) is 57.8 Å². The van der Waals surface area contributed by atoms with E-state index in [1.165, 1.54) is 6.42 Å². The van der Waals surface area contributed by atoms with Gasteiger partial charge in [0.25, 0.3) is 5.56 Å². The summed E-state index contributed by atoms with van der Waals surface area (Å²) in [5, 5.41) is 3.23. The molecule has 1 fully saturated rings. The van der Waals surface area contributed by atoms with E-state index < -0.39 is 0 Å². The minimum atomic E-state index is -0.135. The predicted molar refractivity (Wildman–Crippen MR) is 59.8 cm³/mol. The van der Waals surface area contributed by atoms with Crippen molar-refractivity contribution >= 4 is 5.82 Å². The SMILES string of the molecule is CC1CCC(Nc2ncc[nH]c2=O)C1C. The lowest BCUT2D eigenvalue weighted by atomic mass is 9.98. The van der Waals surface area contributed by atoms with Crippen molar-refractivity contribution in [1.82, 2.24) is 9.97 Å². The molecule has 3 atom stereocenters. The lowest BCUT2D eigenvalue weighted by Gasteiger charge is -2.19. The Morgan fingerprint density at radius 2 is 2.27 bits per heavy atom. The molecular weight excluding hydrogens is 190 g/mol. The van der Waals surface area contributed by atoms with Crippen molar-refractivity contribution in [3.63, 3.8) is 0 Å². The summed E-state index contributed by atoms with van der Waals surface area (Å²) in [6.45, 7) is 4.49. The predicted octanol–water partition coefficient (Wildman–Crippen LogP) is 1.62. The van der Waals surface area contributed by atoms with Gasteiger partial charge in [-0.1, -0.05) is 13.8 Å². The summed E-state index contributed by atoms with van der Waals surface area (Å²) in [7, 11) is 0. The van der Waals surface area contributed by atoms with E-state index >= 15 is 0 Å². The average Bonchev–Trinajstić information content (AvgIpc) is 2.53. The minimum absolute atomic E-state index is 0.135. The molecule has 2 N–H and O–H groups in total. The Morgan fingerprint density at radius 1 is 1.47 bits per heavy atom. The number of hydrogen-bond donors (Lipinski definition) is 2. The summed E-state index contributed by atoms with van der Waals surface area (Å²) in [6.07, 6.45) is 5.50. The van der Waals surface area contributed by atoms with Crippen LogP contribution in [0.3, 0.4) is 0 Å². The number of nitrogens with one attached hydrogen (secondary N) is 2. The highest BCUT2D eigenvalue weighted by Gasteiger charge is 2.30. The molecule has 0 aromatic carbocycles. The summed E-state index contributed by atoms with van der Waals surface area (Å²) in [5.41, 5.74) is -0.135. The Labute approximate surface area is 89.1 Å². The van der Waals surface area contributed by atoms with E-state index in [0.29, 0.717) is 17.8 Å². The highest BCUT2D eigenvalue weighted by Crippen LogP contribution is 2.32. The first-order chi connectivity index (χ1) is 7.18. The summed E-state index contributed by atoms with van der Waals surface area (Å²) in [6, 6.07) is 0.385. The van der Waals surface area contributed by atoms with Crippen molar-refractivity contribution in [1.29, 1.82) is 0 Å². The van der Waals surface area contributed by atoms with Gasteiger partial charge in [-0.05, 0) is 24.7 Å². The lowest BCUT2D eigenvalue weighted by molar-refractivity contribution is 0.435. The van der Waals surface area contributed by atoms with E-state index in [-0.39, 0.29) is 5.56 Å². The van der Waals surface area contributed by atoms with Crippen molar-refractivity contribution in [3.8, 4) is 0 Å². The highest BCUT2D eigenvalue weighted by molar-refractivity contribution is 5.32. The third kappa shape index (κ3) is 2.03. The van der Waals surface area contributed by atoms with Gasteiger partial charge in [0.1, 0.15) is 0 Å². The van der Waals surface area contributed by atoms with Crippen LogP contribution in [-0.2, 0) is 0 Å². The van der Waals surface area contributed by atoms with Gasteiger partial charge in [-0.2, -0.15) is 0 Å². The molecule has 1 saturated carbocycles. The van der Waals surface area contributed by atoms with Crippen LogP contribution in [0.15, 0.2) is 17.2 Å². The molecule has 1 aromatic heterocycles. The summed E-state index contributed by atoms with van der Waals surface area (Å²) >= 11 is 0. The molecule has 3 unspecified atom stereocenters. The van der Waals surface area contributed by atoms with E-state index in [2.05, 4.69) is 29.1 Å². The molecule has 0 amide bonds. The molecule has 0 radical (unpaired) electrons. The quantitative estimate of drug-likeness (QED) is 0.774. The van der Waals surface area contributed by atoms with Crippen LogP contribution in [0.2, 0.25) is 0 Å². The molecule has 1 aliphatic rings. The Balaban J connectivity index is 2.10. The monoisotopic (exact) mass is 207 g/mol. The molecule has 0 bridgehead atoms. The molecule has 0 saturated heterocycles. The Kier molecular flexibility index (Phi) is 2.75. The zero-order valence-corrected chi connectivity index (χ0v) is 9.16. The zero-order valence-electron chi connectivity index (χ0n) is 9.16. The van der Waals surface area contributed by atoms with E-state index in [4.69, 9.17) is 0 Å². The normalized spacial score (nSPS) is 30.4. The largest absolute Gasteiger partial charge is 0.362 e. The van der Waals surface area contributed by atoms with Gasteiger partial charge >= 0.3 is 0 Å². The van der Waals surface area contributed by atoms with Gasteiger partial charge < -0.3 is 10.3 Å². The lowest BCUT2D eigenvalue weighted by Crippen LogP contribution is -2.28. The van der Waals surface area contributed by atoms with Crippen LogP contribution >= 0.6 is 0 Å². The first-order valence-electron chi connectivity index (χ1n) is 5.48. The maximum absolute atomic E-state index is 11.4. The Bertz CT molecular complexity index is 387. The number of aromatic nitrogens is 2. The van der Waals surface area contributed by atoms with Gasteiger partial charge in [0, 0.05) is 18.4 Å². The number of H-pyrrole nitrogens is 1. The second kappa shape index (κ2) is 4.04. The van der Waals surface area contributed by atoms with Crippen LogP contribution in [0.25, 0.3) is 0 Å². The zero-order chi connectivity index (χ0) is 10.8. The molecule has 82 valence electrons. The van der Waals surface area contributed by atoms with Crippen molar-refractivity contribution in [2.45, 2.75) is 32.7 Å². The number of rotatable bonds is 2. The van der Waals surface area contributed by atoms with Crippen LogP contribution in [0.4, 0.5) is 5.82 Å². The van der Waals surface area contributed by atoms with Gasteiger partial charge in [-0.3, -0.25) is 4.79 Å². The van der Waals surface area contributed by atoms with Crippen LogP contribution < -0.4 is 10.9 Å². The van der Waals surface area contributed by atoms with Crippen molar-refractivity contribution < 1.29 is 0 Å². The molecule has 4 heteroatoms. The molecule has 15 heavy (non-hydrogen) atoms. The van der Waals surface area contributed by atoms with Gasteiger partial charge in [-0.25, -0.2) is 4.98 Å². The van der Waals surface area contributed by atoms with E-state index in [1.807, 2.05) is 0 Å². The smallest absolute Gasteiger partial charge is 0.290 e. The Hall–Kier alpha value is -1.32. The van der Waals surface area contributed by atoms with Crippen molar-refractivity contribution in [2.24, 2.45) is 11.8 Å². The van der Waals surface area contributed by atoms with Crippen LogP contribution in [0.5, 0.6) is 0 Å². The van der Waals surface area contributed by atoms with Crippen LogP contribution in [-0.4, -0.2) is 16.0 Å². The number of nitrogens with zero attached hydrogens (tertiary/aromatic N) is 1. The first-order valence-corrected chi connectivity index (χ1v) is 5.48. The molecule has 1 heterocycles. The molecule has 1 aromatic rings. The fourth-order valence-electron chi connectivity index (χ4n) is 2.20. The highest BCUT2D eigenvalue weighted by atomic mass is 16.1. The minimum Gasteiger partial charge on any atom is -0.362 e. The van der Waals surface area contributed by atoms with E-state index in [0.717, 1.165) is 12.3 Å². The summed E-state index contributed by atoms with van der Waals surface area (Å²) in [5.74, 6) is 1.78. The van der Waals surface area contributed by atoms with Gasteiger partial charge in [0.15, 0.2) is 5.82 Å². The standard InChI is InChI=1S/C11H17N3O/c1-7-3-4-9(8(7)2)14-10-11(15)13-6-5-12-10/h5-9H,3-4H2,1-2H3,(H,12,14)(H,13,15). The van der Waals surface area contributed by atoms with Gasteiger partial charge in [-0.15, -0.1) is 0 Å². The van der Waals surface area contributed by atoms with Crippen molar-refractivity contribution in [3.05, 3.63) is 22.7 Å². The average molecular weight is 207 g/mol. The van der Waals surface area contributed by atoms with Crippen molar-refractivity contribution in [2.75, 3.05) is 5.32 Å². The second-order valence-electron chi connectivity index (χ2n) is 4.43. The fraction of sp³-hybridized carbons (Fsp3) is 0.636. The third-order valence-corrected chi connectivity index (χ3v) is 3.50. The summed E-state index contributed by atoms with van der Waals surface area (Å²) < 4.78 is 0. The van der Waals surface area contributed by atoms with E-state index in [9.17, 15) is 4.79 Å².